The normalized spacial score (nSPS) is 11.9. The Morgan fingerprint density at radius 3 is 2.41 bits per heavy atom. The molecule has 1 aromatic rings. The first kappa shape index (κ1) is 14.7. The van der Waals surface area contributed by atoms with E-state index in [9.17, 15) is 8.42 Å². The molecule has 0 aliphatic heterocycles. The number of benzene rings is 1. The van der Waals surface area contributed by atoms with E-state index in [-0.39, 0.29) is 15.7 Å². The molecule has 17 heavy (non-hydrogen) atoms. The van der Waals surface area contributed by atoms with Gasteiger partial charge in [-0.05, 0) is 28.1 Å². The molecule has 0 heterocycles. The van der Waals surface area contributed by atoms with Crippen LogP contribution in [0, 0.1) is 0 Å². The van der Waals surface area contributed by atoms with E-state index in [1.165, 1.54) is 27.3 Å². The third-order valence-electron chi connectivity index (χ3n) is 2.05. The molecular weight excluding hydrogens is 334 g/mol. The summed E-state index contributed by atoms with van der Waals surface area (Å²) in [7, 11) is 0.105. The first-order valence-corrected chi connectivity index (χ1v) is 7.01. The van der Waals surface area contributed by atoms with Gasteiger partial charge in [0.15, 0.2) is 5.75 Å². The predicted octanol–water partition coefficient (Wildman–Crippen LogP) is 2.29. The number of hydroxylamine groups is 1. The lowest BCUT2D eigenvalue weighted by molar-refractivity contribution is -0.0259. The highest BCUT2D eigenvalue weighted by Gasteiger charge is 2.27. The van der Waals surface area contributed by atoms with Crippen molar-refractivity contribution in [3.63, 3.8) is 0 Å². The van der Waals surface area contributed by atoms with Gasteiger partial charge in [-0.1, -0.05) is 16.1 Å². The molecule has 1 aromatic carbocycles. The zero-order valence-electron chi connectivity index (χ0n) is 9.40. The summed E-state index contributed by atoms with van der Waals surface area (Å²) in [5, 5.41) is 0.278. The predicted molar refractivity (Wildman–Crippen MR) is 67.7 cm³/mol. The number of hydrogen-bond donors (Lipinski definition) is 0. The van der Waals surface area contributed by atoms with Crippen molar-refractivity contribution in [1.29, 1.82) is 0 Å². The molecule has 0 saturated carbocycles. The maximum absolute atomic E-state index is 12.1. The lowest BCUT2D eigenvalue weighted by Gasteiger charge is -2.17. The highest BCUT2D eigenvalue weighted by atomic mass is 79.9. The Bertz CT molecular complexity index is 520. The second kappa shape index (κ2) is 5.53. The van der Waals surface area contributed by atoms with Crippen molar-refractivity contribution in [2.75, 3.05) is 21.3 Å². The molecule has 0 aliphatic rings. The zero-order chi connectivity index (χ0) is 13.2. The lowest BCUT2D eigenvalue weighted by atomic mass is 10.3. The van der Waals surface area contributed by atoms with Crippen LogP contribution < -0.4 is 4.74 Å². The topological polar surface area (TPSA) is 55.8 Å². The monoisotopic (exact) mass is 343 g/mol. The summed E-state index contributed by atoms with van der Waals surface area (Å²) >= 11 is 9.01. The van der Waals surface area contributed by atoms with Crippen LogP contribution >= 0.6 is 27.5 Å². The summed E-state index contributed by atoms with van der Waals surface area (Å²) in [6.45, 7) is 0. The van der Waals surface area contributed by atoms with Crippen LogP contribution in [-0.2, 0) is 14.9 Å². The molecule has 0 spiro atoms. The zero-order valence-corrected chi connectivity index (χ0v) is 12.6. The number of nitrogens with zero attached hydrogens (tertiary/aromatic N) is 1. The van der Waals surface area contributed by atoms with E-state index in [1.54, 1.807) is 6.07 Å². The van der Waals surface area contributed by atoms with E-state index in [1.807, 2.05) is 0 Å². The van der Waals surface area contributed by atoms with Crippen LogP contribution in [0.3, 0.4) is 0 Å². The van der Waals surface area contributed by atoms with Gasteiger partial charge in [-0.15, -0.1) is 0 Å². The molecule has 0 saturated heterocycles. The van der Waals surface area contributed by atoms with Gasteiger partial charge in [-0.3, -0.25) is 4.84 Å². The number of ether oxygens (including phenoxy) is 1. The molecule has 0 unspecified atom stereocenters. The molecule has 8 heteroatoms. The first-order chi connectivity index (χ1) is 7.84. The van der Waals surface area contributed by atoms with Gasteiger partial charge in [0, 0.05) is 12.1 Å². The second-order valence-electron chi connectivity index (χ2n) is 3.02. The molecule has 5 nitrogen and oxygen atoms in total. The minimum atomic E-state index is -3.81. The summed E-state index contributed by atoms with van der Waals surface area (Å²) in [6.07, 6.45) is 0. The Labute approximate surface area is 113 Å². The fourth-order valence-corrected chi connectivity index (χ4v) is 3.51. The van der Waals surface area contributed by atoms with Gasteiger partial charge in [0.2, 0.25) is 0 Å². The Balaban J connectivity index is 3.50. The van der Waals surface area contributed by atoms with E-state index < -0.39 is 10.0 Å². The number of halogens is 2. The van der Waals surface area contributed by atoms with Gasteiger partial charge in [0.1, 0.15) is 4.90 Å². The van der Waals surface area contributed by atoms with Crippen LogP contribution in [0.2, 0.25) is 5.02 Å². The number of methoxy groups -OCH3 is 1. The summed E-state index contributed by atoms with van der Waals surface area (Å²) in [6, 6.07) is 2.85. The third-order valence-corrected chi connectivity index (χ3v) is 4.54. The smallest absolute Gasteiger partial charge is 0.268 e. The lowest BCUT2D eigenvalue weighted by Crippen LogP contribution is -2.26. The summed E-state index contributed by atoms with van der Waals surface area (Å²) in [5.74, 6) is 0.179. The van der Waals surface area contributed by atoms with Crippen molar-refractivity contribution < 1.29 is 18.0 Å². The van der Waals surface area contributed by atoms with Gasteiger partial charge in [0.05, 0.1) is 18.7 Å². The standard InChI is InChI=1S/C9H11BrClNO4S/c1-12(16-3)17(13,14)8-5-6(11)4-7(10)9(8)15-2/h4-5H,1-3H3. The quantitative estimate of drug-likeness (QED) is 0.787. The average Bonchev–Trinajstić information content (AvgIpc) is 2.26. The van der Waals surface area contributed by atoms with Crippen molar-refractivity contribution in [2.45, 2.75) is 4.90 Å². The molecule has 0 bridgehead atoms. The minimum Gasteiger partial charge on any atom is -0.494 e. The molecule has 96 valence electrons. The Morgan fingerprint density at radius 2 is 1.94 bits per heavy atom. The van der Waals surface area contributed by atoms with Gasteiger partial charge in [-0.2, -0.15) is 0 Å². The molecule has 0 aliphatic carbocycles. The molecule has 0 radical (unpaired) electrons. The van der Waals surface area contributed by atoms with Crippen molar-refractivity contribution in [3.05, 3.63) is 21.6 Å². The Hall–Kier alpha value is -0.340. The van der Waals surface area contributed by atoms with Gasteiger partial charge in [-0.25, -0.2) is 8.42 Å². The van der Waals surface area contributed by atoms with Crippen molar-refractivity contribution in [2.24, 2.45) is 0 Å². The third kappa shape index (κ3) is 2.92. The van der Waals surface area contributed by atoms with Crippen LogP contribution in [-0.4, -0.2) is 34.2 Å². The van der Waals surface area contributed by atoms with Crippen LogP contribution in [0.5, 0.6) is 5.75 Å². The van der Waals surface area contributed by atoms with Gasteiger partial charge >= 0.3 is 0 Å². The van der Waals surface area contributed by atoms with Crippen molar-refractivity contribution in [3.8, 4) is 5.75 Å². The first-order valence-electron chi connectivity index (χ1n) is 4.40. The Kier molecular flexibility index (Phi) is 4.79. The highest BCUT2D eigenvalue weighted by Crippen LogP contribution is 2.36. The van der Waals surface area contributed by atoms with Gasteiger partial charge in [0.25, 0.3) is 10.0 Å². The summed E-state index contributed by atoms with van der Waals surface area (Å²) in [5.41, 5.74) is 0. The van der Waals surface area contributed by atoms with Crippen molar-refractivity contribution >= 4 is 37.6 Å². The van der Waals surface area contributed by atoms with E-state index in [4.69, 9.17) is 16.3 Å². The fourth-order valence-electron chi connectivity index (χ4n) is 1.16. The van der Waals surface area contributed by atoms with Crippen molar-refractivity contribution in [1.82, 2.24) is 4.47 Å². The molecule has 0 N–H and O–H groups in total. The van der Waals surface area contributed by atoms with E-state index in [0.29, 0.717) is 4.47 Å². The molecule has 0 fully saturated rings. The van der Waals surface area contributed by atoms with Crippen LogP contribution in [0.25, 0.3) is 0 Å². The molecule has 0 aromatic heterocycles. The SMILES string of the molecule is COc1c(Br)cc(Cl)cc1S(=O)(=O)N(C)OC. The van der Waals surface area contributed by atoms with Crippen LogP contribution in [0.1, 0.15) is 0 Å². The fraction of sp³-hybridized carbons (Fsp3) is 0.333. The van der Waals surface area contributed by atoms with Crippen LogP contribution in [0.15, 0.2) is 21.5 Å². The van der Waals surface area contributed by atoms with E-state index in [0.717, 1.165) is 4.47 Å². The number of rotatable bonds is 4. The average molecular weight is 345 g/mol. The Morgan fingerprint density at radius 1 is 1.35 bits per heavy atom. The molecular formula is C9H11BrClNO4S. The highest BCUT2D eigenvalue weighted by molar-refractivity contribution is 9.10. The molecule has 0 atom stereocenters. The van der Waals surface area contributed by atoms with E-state index in [2.05, 4.69) is 20.8 Å². The number of sulfonamides is 1. The summed E-state index contributed by atoms with van der Waals surface area (Å²) in [4.78, 5) is 4.61. The summed E-state index contributed by atoms with van der Waals surface area (Å²) < 4.78 is 30.4. The minimum absolute atomic E-state index is 0.0660. The molecule has 1 rings (SSSR count). The maximum Gasteiger partial charge on any atom is 0.268 e. The van der Waals surface area contributed by atoms with Gasteiger partial charge < -0.3 is 4.74 Å². The maximum atomic E-state index is 12.1. The van der Waals surface area contributed by atoms with E-state index >= 15 is 0 Å². The number of hydrogen-bond acceptors (Lipinski definition) is 4. The second-order valence-corrected chi connectivity index (χ2v) is 6.21. The largest absolute Gasteiger partial charge is 0.494 e. The molecule has 0 amide bonds. The van der Waals surface area contributed by atoms with Crippen LogP contribution in [0.4, 0.5) is 0 Å².